The third-order valence-electron chi connectivity index (χ3n) is 1.34. The van der Waals surface area contributed by atoms with Crippen LogP contribution in [-0.4, -0.2) is 27.8 Å². The van der Waals surface area contributed by atoms with Crippen LogP contribution in [-0.2, 0) is 4.79 Å². The lowest BCUT2D eigenvalue weighted by Crippen LogP contribution is -2.11. The predicted octanol–water partition coefficient (Wildman–Crippen LogP) is 0.0890. The molecule has 0 spiro atoms. The number of nitrogens with one attached hydrogen (secondary N) is 1. The number of aliphatic hydroxyl groups is 1. The van der Waals surface area contributed by atoms with E-state index in [1.807, 2.05) is 0 Å². The van der Waals surface area contributed by atoms with Gasteiger partial charge in [-0.1, -0.05) is 5.16 Å². The van der Waals surface area contributed by atoms with Crippen molar-refractivity contribution >= 4 is 11.9 Å². The Morgan fingerprint density at radius 3 is 3.00 bits per heavy atom. The number of aryl methyl sites for hydroxylation is 1. The first-order valence-corrected chi connectivity index (χ1v) is 3.93. The number of carbonyl (C=O) groups excluding carboxylic acids is 1. The van der Waals surface area contributed by atoms with Crippen molar-refractivity contribution in [3.63, 3.8) is 0 Å². The summed E-state index contributed by atoms with van der Waals surface area (Å²) in [5, 5.41) is 14.4. The lowest BCUT2D eigenvalue weighted by molar-refractivity contribution is -0.116. The number of anilines is 1. The molecule has 0 aliphatic rings. The van der Waals surface area contributed by atoms with Crippen LogP contribution in [0.3, 0.4) is 0 Å². The van der Waals surface area contributed by atoms with Gasteiger partial charge in [0.2, 0.25) is 5.91 Å². The maximum absolute atomic E-state index is 11.0. The minimum Gasteiger partial charge on any atom is -0.396 e. The summed E-state index contributed by atoms with van der Waals surface area (Å²) in [6, 6.07) is 0.0976. The summed E-state index contributed by atoms with van der Waals surface area (Å²) in [5.41, 5.74) is 0. The van der Waals surface area contributed by atoms with Gasteiger partial charge in [-0.05, 0) is 13.3 Å². The first-order valence-electron chi connectivity index (χ1n) is 3.93. The molecular formula is C7H11N3O3. The van der Waals surface area contributed by atoms with Crippen LogP contribution in [0.2, 0.25) is 0 Å². The van der Waals surface area contributed by atoms with E-state index in [2.05, 4.69) is 20.0 Å². The van der Waals surface area contributed by atoms with Crippen LogP contribution in [0.1, 0.15) is 18.7 Å². The smallest absolute Gasteiger partial charge is 0.328 e. The summed E-state index contributed by atoms with van der Waals surface area (Å²) >= 11 is 0. The monoisotopic (exact) mass is 185 g/mol. The molecule has 1 aromatic rings. The molecule has 13 heavy (non-hydrogen) atoms. The summed E-state index contributed by atoms with van der Waals surface area (Å²) in [6.07, 6.45) is 0.677. The van der Waals surface area contributed by atoms with E-state index >= 15 is 0 Å². The van der Waals surface area contributed by atoms with Crippen LogP contribution in [0.4, 0.5) is 6.01 Å². The molecule has 2 N–H and O–H groups in total. The van der Waals surface area contributed by atoms with Crippen molar-refractivity contribution in [3.8, 4) is 0 Å². The van der Waals surface area contributed by atoms with Gasteiger partial charge in [-0.2, -0.15) is 4.98 Å². The van der Waals surface area contributed by atoms with Gasteiger partial charge >= 0.3 is 6.01 Å². The minimum atomic E-state index is -0.238. The fourth-order valence-corrected chi connectivity index (χ4v) is 0.769. The third-order valence-corrected chi connectivity index (χ3v) is 1.34. The highest BCUT2D eigenvalue weighted by molar-refractivity contribution is 5.88. The number of aromatic nitrogens is 2. The largest absolute Gasteiger partial charge is 0.396 e. The zero-order valence-electron chi connectivity index (χ0n) is 7.28. The van der Waals surface area contributed by atoms with Crippen molar-refractivity contribution in [3.05, 3.63) is 5.82 Å². The molecule has 1 heterocycles. The molecule has 0 saturated heterocycles. The summed E-state index contributed by atoms with van der Waals surface area (Å²) in [6.45, 7) is 1.66. The first kappa shape index (κ1) is 9.66. The normalized spacial score (nSPS) is 10.0. The third kappa shape index (κ3) is 3.20. The highest BCUT2D eigenvalue weighted by atomic mass is 16.5. The topological polar surface area (TPSA) is 88.2 Å². The van der Waals surface area contributed by atoms with Crippen LogP contribution in [0.25, 0.3) is 0 Å². The second-order valence-electron chi connectivity index (χ2n) is 2.52. The number of aliphatic hydroxyl groups excluding tert-OH is 1. The van der Waals surface area contributed by atoms with E-state index in [1.165, 1.54) is 0 Å². The maximum Gasteiger partial charge on any atom is 0.328 e. The summed E-state index contributed by atoms with van der Waals surface area (Å²) in [5.74, 6) is 0.232. The van der Waals surface area contributed by atoms with E-state index in [9.17, 15) is 4.79 Å². The van der Waals surface area contributed by atoms with Crippen LogP contribution >= 0.6 is 0 Å². The van der Waals surface area contributed by atoms with E-state index in [0.717, 1.165) is 0 Å². The number of hydrogen-bond donors (Lipinski definition) is 2. The van der Waals surface area contributed by atoms with Crippen molar-refractivity contribution in [2.75, 3.05) is 11.9 Å². The number of nitrogens with zero attached hydrogens (tertiary/aromatic N) is 2. The molecule has 0 atom stereocenters. The average molecular weight is 185 g/mol. The molecule has 0 aromatic carbocycles. The first-order chi connectivity index (χ1) is 6.22. The fourth-order valence-electron chi connectivity index (χ4n) is 0.769. The van der Waals surface area contributed by atoms with Crippen molar-refractivity contribution in [1.82, 2.24) is 10.1 Å². The molecule has 0 radical (unpaired) electrons. The van der Waals surface area contributed by atoms with Crippen molar-refractivity contribution in [1.29, 1.82) is 0 Å². The molecule has 0 bridgehead atoms. The van der Waals surface area contributed by atoms with Gasteiger partial charge in [0, 0.05) is 13.0 Å². The highest BCUT2D eigenvalue weighted by Gasteiger charge is 2.06. The number of rotatable bonds is 4. The van der Waals surface area contributed by atoms with Crippen molar-refractivity contribution in [2.45, 2.75) is 19.8 Å². The van der Waals surface area contributed by atoms with E-state index in [1.54, 1.807) is 6.92 Å². The Labute approximate surface area is 74.9 Å². The molecule has 6 nitrogen and oxygen atoms in total. The standard InChI is InChI=1S/C7H11N3O3/c1-5-8-7(13-10-5)9-6(12)3-2-4-11/h11H,2-4H2,1H3,(H,8,9,10,12). The van der Waals surface area contributed by atoms with Crippen LogP contribution in [0.5, 0.6) is 0 Å². The molecular weight excluding hydrogens is 174 g/mol. The van der Waals surface area contributed by atoms with Crippen molar-refractivity contribution < 1.29 is 14.4 Å². The lowest BCUT2D eigenvalue weighted by atomic mass is 10.3. The van der Waals surface area contributed by atoms with Gasteiger partial charge in [0.05, 0.1) is 0 Å². The summed E-state index contributed by atoms with van der Waals surface area (Å²) < 4.78 is 4.66. The Morgan fingerprint density at radius 1 is 1.69 bits per heavy atom. The summed E-state index contributed by atoms with van der Waals surface area (Å²) in [4.78, 5) is 14.8. The van der Waals surface area contributed by atoms with Crippen LogP contribution in [0.15, 0.2) is 4.52 Å². The Kier molecular flexibility index (Phi) is 3.39. The number of hydrogen-bond acceptors (Lipinski definition) is 5. The van der Waals surface area contributed by atoms with Crippen LogP contribution in [0, 0.1) is 6.92 Å². The van der Waals surface area contributed by atoms with Crippen LogP contribution < -0.4 is 5.32 Å². The fraction of sp³-hybridized carbons (Fsp3) is 0.571. The van der Waals surface area contributed by atoms with E-state index in [-0.39, 0.29) is 24.9 Å². The molecule has 6 heteroatoms. The quantitative estimate of drug-likeness (QED) is 0.693. The predicted molar refractivity (Wildman–Crippen MR) is 44.0 cm³/mol. The van der Waals surface area contributed by atoms with Gasteiger partial charge in [0.1, 0.15) is 0 Å². The van der Waals surface area contributed by atoms with Gasteiger partial charge in [-0.3, -0.25) is 10.1 Å². The second-order valence-corrected chi connectivity index (χ2v) is 2.52. The molecule has 0 aliphatic carbocycles. The zero-order valence-corrected chi connectivity index (χ0v) is 7.28. The maximum atomic E-state index is 11.0. The lowest BCUT2D eigenvalue weighted by Gasteiger charge is -1.96. The molecule has 0 fully saturated rings. The molecule has 1 aromatic heterocycles. The molecule has 0 saturated carbocycles. The van der Waals surface area contributed by atoms with Gasteiger partial charge < -0.3 is 9.63 Å². The Hall–Kier alpha value is -1.43. The summed E-state index contributed by atoms with van der Waals surface area (Å²) in [7, 11) is 0. The van der Waals surface area contributed by atoms with Gasteiger partial charge in [-0.25, -0.2) is 0 Å². The van der Waals surface area contributed by atoms with Gasteiger partial charge in [0.25, 0.3) is 0 Å². The van der Waals surface area contributed by atoms with Crippen molar-refractivity contribution in [2.24, 2.45) is 0 Å². The highest BCUT2D eigenvalue weighted by Crippen LogP contribution is 2.02. The molecule has 0 aliphatic heterocycles. The van der Waals surface area contributed by atoms with E-state index in [4.69, 9.17) is 5.11 Å². The van der Waals surface area contributed by atoms with Gasteiger partial charge in [0.15, 0.2) is 5.82 Å². The molecule has 0 unspecified atom stereocenters. The van der Waals surface area contributed by atoms with E-state index < -0.39 is 0 Å². The Morgan fingerprint density at radius 2 is 2.46 bits per heavy atom. The minimum absolute atomic E-state index is 0.00369. The SMILES string of the molecule is Cc1noc(NC(=O)CCCO)n1. The zero-order chi connectivity index (χ0) is 9.68. The Balaban J connectivity index is 2.36. The van der Waals surface area contributed by atoms with E-state index in [0.29, 0.717) is 12.2 Å². The molecule has 1 amide bonds. The Bertz CT molecular complexity index is 284. The van der Waals surface area contributed by atoms with Gasteiger partial charge in [-0.15, -0.1) is 0 Å². The second kappa shape index (κ2) is 4.56. The number of carbonyl (C=O) groups is 1. The molecule has 72 valence electrons. The average Bonchev–Trinajstić information content (AvgIpc) is 2.48. The molecule has 1 rings (SSSR count). The number of amides is 1.